The summed E-state index contributed by atoms with van der Waals surface area (Å²) in [5, 5.41) is 0. The van der Waals surface area contributed by atoms with E-state index in [2.05, 4.69) is 0 Å². The van der Waals surface area contributed by atoms with Crippen molar-refractivity contribution in [1.82, 2.24) is 4.90 Å². The van der Waals surface area contributed by atoms with E-state index in [1.54, 1.807) is 7.05 Å². The number of methoxy groups -OCH3 is 1. The molecule has 1 aromatic carbocycles. The number of ether oxygens (including phenoxy) is 2. The average molecular weight is 305 g/mol. The lowest BCUT2D eigenvalue weighted by molar-refractivity contribution is -0.138. The van der Waals surface area contributed by atoms with Crippen LogP contribution < -0.4 is 9.47 Å². The summed E-state index contributed by atoms with van der Waals surface area (Å²) in [6, 6.07) is -1.22. The van der Waals surface area contributed by atoms with Crippen LogP contribution in [0.3, 0.4) is 0 Å². The molecular formula is C18H21NO3. The summed E-state index contributed by atoms with van der Waals surface area (Å²) in [6.07, 6.45) is -4.77. The molecule has 1 saturated carbocycles. The molecule has 1 aromatic rings. The van der Waals surface area contributed by atoms with Crippen LogP contribution in [-0.4, -0.2) is 43.5 Å². The lowest BCUT2D eigenvalue weighted by Gasteiger charge is -2.57. The van der Waals surface area contributed by atoms with Crippen LogP contribution >= 0.6 is 0 Å². The van der Waals surface area contributed by atoms with Crippen LogP contribution in [0.25, 0.3) is 0 Å². The summed E-state index contributed by atoms with van der Waals surface area (Å²) in [7, 11) is 3.15. The summed E-state index contributed by atoms with van der Waals surface area (Å²) >= 11 is 0. The van der Waals surface area contributed by atoms with E-state index in [-0.39, 0.29) is 35.6 Å². The maximum absolute atomic E-state index is 13.0. The van der Waals surface area contributed by atoms with Crippen molar-refractivity contribution in [3.8, 4) is 11.5 Å². The fraction of sp³-hybridized carbons (Fsp3) is 0.611. The van der Waals surface area contributed by atoms with E-state index < -0.39 is 42.0 Å². The Morgan fingerprint density at radius 1 is 1.55 bits per heavy atom. The molecule has 0 aromatic heterocycles. The molecular weight excluding hydrogens is 278 g/mol. The molecule has 2 bridgehead atoms. The first-order valence-electron chi connectivity index (χ1n) is 10.6. The molecule has 0 N–H and O–H groups in total. The molecule has 5 rings (SSSR count). The molecule has 1 unspecified atom stereocenters. The largest absolute Gasteiger partial charge is 0.493 e. The molecule has 4 atom stereocenters. The fourth-order valence-electron chi connectivity index (χ4n) is 4.78. The standard InChI is InChI=1S/C18H21NO3/c1-19-8-7-18-11-4-5-13(20)17(18)22-16-14(21-2)6-3-10(15(16)18)9-12(11)19/h3,6,11-12,17H,4-5,7-9H2,1-2H3/t11-,12+,17?,18-/m0/s1/i3D,5D2,6D,9D2. The highest BCUT2D eigenvalue weighted by atomic mass is 16.5. The number of hydrogen-bond donors (Lipinski definition) is 0. The SMILES string of the molecule is [2H]c1c([2H])c2c3c(c1OC)OC1C(=O)C([2H])([2H])C[C@H]4[C@H](N(C)CC[C@]314)C2([2H])[2H]. The first-order chi connectivity index (χ1) is 13.0. The maximum atomic E-state index is 13.0. The summed E-state index contributed by atoms with van der Waals surface area (Å²) in [5.74, 6) is -0.954. The Labute approximate surface area is 138 Å². The first kappa shape index (κ1) is 8.34. The van der Waals surface area contributed by atoms with Crippen LogP contribution in [0.2, 0.25) is 0 Å². The Morgan fingerprint density at radius 3 is 3.23 bits per heavy atom. The second kappa shape index (κ2) is 4.05. The number of carbonyl (C=O) groups excluding carboxylic acids is 1. The summed E-state index contributed by atoms with van der Waals surface area (Å²) in [6.45, 7) is 0.536. The number of rotatable bonds is 1. The quantitative estimate of drug-likeness (QED) is 0.795. The smallest absolute Gasteiger partial charge is 0.174 e. The highest BCUT2D eigenvalue weighted by molar-refractivity contribution is 5.89. The Hall–Kier alpha value is -1.55. The van der Waals surface area contributed by atoms with E-state index in [0.29, 0.717) is 18.5 Å². The molecule has 2 aliphatic heterocycles. The number of benzene rings is 1. The number of likely N-dealkylation sites (tertiary alicyclic amines) is 1. The minimum atomic E-state index is -2.12. The number of piperidine rings is 1. The third-order valence-corrected chi connectivity index (χ3v) is 5.78. The topological polar surface area (TPSA) is 38.8 Å². The van der Waals surface area contributed by atoms with E-state index in [0.717, 1.165) is 0 Å². The number of nitrogens with zero attached hydrogens (tertiary/aromatic N) is 1. The second-order valence-corrected chi connectivity index (χ2v) is 6.57. The van der Waals surface area contributed by atoms with Crippen molar-refractivity contribution in [2.75, 3.05) is 20.7 Å². The monoisotopic (exact) mass is 305 g/mol. The highest BCUT2D eigenvalue weighted by Crippen LogP contribution is 2.62. The van der Waals surface area contributed by atoms with Crippen molar-refractivity contribution in [3.05, 3.63) is 23.2 Å². The van der Waals surface area contributed by atoms with Crippen LogP contribution in [0.1, 0.15) is 38.6 Å². The number of likely N-dealkylation sites (N-methyl/N-ethyl adjacent to an activating group) is 1. The van der Waals surface area contributed by atoms with Crippen LogP contribution in [0.15, 0.2) is 12.1 Å². The van der Waals surface area contributed by atoms with Crippen LogP contribution in [-0.2, 0) is 16.6 Å². The van der Waals surface area contributed by atoms with Gasteiger partial charge >= 0.3 is 0 Å². The zero-order valence-corrected chi connectivity index (χ0v) is 12.5. The molecule has 0 radical (unpaired) electrons. The molecule has 1 saturated heterocycles. The van der Waals surface area contributed by atoms with Gasteiger partial charge in [-0.1, -0.05) is 6.04 Å². The van der Waals surface area contributed by atoms with Crippen LogP contribution in [0.5, 0.6) is 11.5 Å². The van der Waals surface area contributed by atoms with E-state index in [1.807, 2.05) is 4.90 Å². The zero-order valence-electron chi connectivity index (χ0n) is 18.5. The molecule has 2 fully saturated rings. The van der Waals surface area contributed by atoms with Crippen molar-refractivity contribution in [1.29, 1.82) is 0 Å². The molecule has 0 amide bonds. The van der Waals surface area contributed by atoms with E-state index in [1.165, 1.54) is 7.11 Å². The molecule has 4 nitrogen and oxygen atoms in total. The number of ketones is 1. The van der Waals surface area contributed by atoms with Gasteiger partial charge in [0.2, 0.25) is 0 Å². The molecule has 2 aliphatic carbocycles. The van der Waals surface area contributed by atoms with Crippen molar-refractivity contribution in [2.45, 2.75) is 43.1 Å². The normalized spacial score (nSPS) is 47.0. The lowest BCUT2D eigenvalue weighted by atomic mass is 9.52. The molecule has 4 heteroatoms. The average Bonchev–Trinajstić information content (AvgIpc) is 2.92. The van der Waals surface area contributed by atoms with Gasteiger partial charge in [-0.05, 0) is 50.3 Å². The van der Waals surface area contributed by atoms with Crippen LogP contribution in [0, 0.1) is 5.92 Å². The van der Waals surface area contributed by atoms with Crippen molar-refractivity contribution in [2.24, 2.45) is 5.92 Å². The predicted octanol–water partition coefficient (Wildman–Crippen LogP) is 1.93. The van der Waals surface area contributed by atoms with Crippen molar-refractivity contribution in [3.63, 3.8) is 0 Å². The van der Waals surface area contributed by atoms with Crippen molar-refractivity contribution >= 4 is 5.78 Å². The van der Waals surface area contributed by atoms with Gasteiger partial charge in [0.1, 0.15) is 0 Å². The van der Waals surface area contributed by atoms with Gasteiger partial charge in [-0.15, -0.1) is 0 Å². The Morgan fingerprint density at radius 2 is 2.41 bits per heavy atom. The third-order valence-electron chi connectivity index (χ3n) is 5.78. The lowest BCUT2D eigenvalue weighted by Crippen LogP contribution is -2.65. The van der Waals surface area contributed by atoms with Gasteiger partial charge in [-0.2, -0.15) is 0 Å². The summed E-state index contributed by atoms with van der Waals surface area (Å²) in [4.78, 5) is 14.9. The van der Waals surface area contributed by atoms with Crippen molar-refractivity contribution < 1.29 is 22.5 Å². The molecule has 4 aliphatic rings. The van der Waals surface area contributed by atoms with Gasteiger partial charge in [-0.3, -0.25) is 4.79 Å². The third kappa shape index (κ3) is 1.27. The number of carbonyl (C=O) groups is 1. The minimum Gasteiger partial charge on any atom is -0.493 e. The van der Waals surface area contributed by atoms with Gasteiger partial charge in [-0.25, -0.2) is 0 Å². The molecule has 22 heavy (non-hydrogen) atoms. The maximum Gasteiger partial charge on any atom is 0.174 e. The highest BCUT2D eigenvalue weighted by Gasteiger charge is 2.65. The second-order valence-electron chi connectivity index (χ2n) is 6.57. The van der Waals surface area contributed by atoms with Gasteiger partial charge in [0, 0.05) is 28.9 Å². The number of Topliss-reactive ketones (excluding diaryl/α,β-unsaturated/α-hetero) is 1. The summed E-state index contributed by atoms with van der Waals surface area (Å²) in [5.41, 5.74) is -0.329. The van der Waals surface area contributed by atoms with Gasteiger partial charge < -0.3 is 14.4 Å². The fourth-order valence-corrected chi connectivity index (χ4v) is 4.78. The van der Waals surface area contributed by atoms with Gasteiger partial charge in [0.15, 0.2) is 23.4 Å². The Kier molecular flexibility index (Phi) is 1.53. The molecule has 2 heterocycles. The summed E-state index contributed by atoms with van der Waals surface area (Å²) < 4.78 is 62.6. The zero-order chi connectivity index (χ0) is 20.4. The van der Waals surface area contributed by atoms with E-state index in [4.69, 9.17) is 17.7 Å². The Bertz CT molecular complexity index is 935. The van der Waals surface area contributed by atoms with E-state index >= 15 is 0 Å². The van der Waals surface area contributed by atoms with Gasteiger partial charge in [0.05, 0.1) is 9.85 Å². The van der Waals surface area contributed by atoms with Gasteiger partial charge in [0.25, 0.3) is 0 Å². The Balaban J connectivity index is 1.93. The predicted molar refractivity (Wildman–Crippen MR) is 81.6 cm³/mol. The minimum absolute atomic E-state index is 0.0211. The molecule has 116 valence electrons. The van der Waals surface area contributed by atoms with Crippen LogP contribution in [0.4, 0.5) is 0 Å². The van der Waals surface area contributed by atoms with E-state index in [9.17, 15) is 4.79 Å². The molecule has 1 spiro atoms. The number of hydrogen-bond acceptors (Lipinski definition) is 4. The first-order valence-corrected chi connectivity index (χ1v) is 7.63.